The second kappa shape index (κ2) is 13.7. The van der Waals surface area contributed by atoms with E-state index in [4.69, 9.17) is 0 Å². The molecule has 1 rings (SSSR count). The summed E-state index contributed by atoms with van der Waals surface area (Å²) in [5, 5.41) is 5.77. The number of nitrogens with one attached hydrogen (secondary N) is 2. The van der Waals surface area contributed by atoms with Gasteiger partial charge in [-0.25, -0.2) is 0 Å². The van der Waals surface area contributed by atoms with Crippen molar-refractivity contribution in [2.75, 3.05) is 18.4 Å². The van der Waals surface area contributed by atoms with E-state index in [-0.39, 0.29) is 17.7 Å². The lowest BCUT2D eigenvalue weighted by Gasteiger charge is -2.21. The van der Waals surface area contributed by atoms with Gasteiger partial charge in [-0.1, -0.05) is 39.8 Å². The summed E-state index contributed by atoms with van der Waals surface area (Å²) in [4.78, 5) is 38.1. The molecule has 6 heteroatoms. The van der Waals surface area contributed by atoms with Crippen LogP contribution in [0.25, 0.3) is 0 Å². The van der Waals surface area contributed by atoms with Crippen molar-refractivity contribution in [1.29, 1.82) is 0 Å². The number of benzene rings is 1. The Balaban J connectivity index is 2.38. The van der Waals surface area contributed by atoms with Crippen LogP contribution in [0.2, 0.25) is 0 Å². The number of anilines is 1. The Hall–Kier alpha value is -2.37. The van der Waals surface area contributed by atoms with Crippen LogP contribution in [0.4, 0.5) is 5.69 Å². The summed E-state index contributed by atoms with van der Waals surface area (Å²) in [6.45, 7) is 10.1. The molecule has 0 aliphatic rings. The number of carbonyl (C=O) groups excluding carboxylic acids is 3. The SMILES string of the molecule is CCCN(CCC)C(=O)CCCC(=O)NCc1cccc(NC(=O)CC(C)C)c1. The summed E-state index contributed by atoms with van der Waals surface area (Å²) < 4.78 is 0. The Morgan fingerprint density at radius 2 is 1.69 bits per heavy atom. The summed E-state index contributed by atoms with van der Waals surface area (Å²) >= 11 is 0. The highest BCUT2D eigenvalue weighted by Gasteiger charge is 2.12. The Kier molecular flexibility index (Phi) is 11.7. The molecule has 0 spiro atoms. The van der Waals surface area contributed by atoms with Gasteiger partial charge < -0.3 is 15.5 Å². The highest BCUT2D eigenvalue weighted by Crippen LogP contribution is 2.12. The van der Waals surface area contributed by atoms with E-state index in [9.17, 15) is 14.4 Å². The minimum absolute atomic E-state index is 0.00829. The number of amides is 3. The Labute approximate surface area is 175 Å². The Morgan fingerprint density at radius 3 is 2.31 bits per heavy atom. The van der Waals surface area contributed by atoms with Crippen molar-refractivity contribution in [3.63, 3.8) is 0 Å². The minimum Gasteiger partial charge on any atom is -0.352 e. The first-order valence-corrected chi connectivity index (χ1v) is 10.8. The van der Waals surface area contributed by atoms with Crippen LogP contribution in [0.5, 0.6) is 0 Å². The summed E-state index contributed by atoms with van der Waals surface area (Å²) in [5.41, 5.74) is 1.66. The molecule has 6 nitrogen and oxygen atoms in total. The van der Waals surface area contributed by atoms with Crippen LogP contribution in [0, 0.1) is 5.92 Å². The van der Waals surface area contributed by atoms with Crippen molar-refractivity contribution >= 4 is 23.4 Å². The van der Waals surface area contributed by atoms with E-state index in [1.165, 1.54) is 0 Å². The van der Waals surface area contributed by atoms with E-state index in [0.717, 1.165) is 37.2 Å². The Morgan fingerprint density at radius 1 is 1.00 bits per heavy atom. The first-order chi connectivity index (χ1) is 13.8. The molecule has 0 atom stereocenters. The first kappa shape index (κ1) is 24.7. The zero-order valence-corrected chi connectivity index (χ0v) is 18.4. The lowest BCUT2D eigenvalue weighted by atomic mass is 10.1. The van der Waals surface area contributed by atoms with E-state index in [2.05, 4.69) is 24.5 Å². The van der Waals surface area contributed by atoms with Gasteiger partial charge in [0.2, 0.25) is 17.7 Å². The number of nitrogens with zero attached hydrogens (tertiary/aromatic N) is 1. The van der Waals surface area contributed by atoms with Crippen LogP contribution in [0.1, 0.15) is 71.8 Å². The molecule has 162 valence electrons. The van der Waals surface area contributed by atoms with Gasteiger partial charge in [0, 0.05) is 44.6 Å². The molecule has 0 bridgehead atoms. The molecule has 2 N–H and O–H groups in total. The second-order valence-corrected chi connectivity index (χ2v) is 7.86. The van der Waals surface area contributed by atoms with Gasteiger partial charge in [-0.2, -0.15) is 0 Å². The van der Waals surface area contributed by atoms with Crippen LogP contribution in [-0.4, -0.2) is 35.7 Å². The van der Waals surface area contributed by atoms with E-state index in [1.54, 1.807) is 0 Å². The molecule has 0 aliphatic carbocycles. The average molecular weight is 404 g/mol. The van der Waals surface area contributed by atoms with Gasteiger partial charge in [-0.3, -0.25) is 14.4 Å². The third-order valence-electron chi connectivity index (χ3n) is 4.43. The zero-order valence-electron chi connectivity index (χ0n) is 18.4. The summed E-state index contributed by atoms with van der Waals surface area (Å²) in [5.74, 6) is 0.363. The number of hydrogen-bond donors (Lipinski definition) is 2. The van der Waals surface area contributed by atoms with Gasteiger partial charge in [0.15, 0.2) is 0 Å². The molecule has 0 unspecified atom stereocenters. The van der Waals surface area contributed by atoms with Crippen molar-refractivity contribution in [2.24, 2.45) is 5.92 Å². The molecule has 1 aromatic carbocycles. The average Bonchev–Trinajstić information content (AvgIpc) is 2.65. The van der Waals surface area contributed by atoms with Crippen LogP contribution < -0.4 is 10.6 Å². The molecular weight excluding hydrogens is 366 g/mol. The number of carbonyl (C=O) groups is 3. The number of rotatable bonds is 13. The van der Waals surface area contributed by atoms with Gasteiger partial charge in [0.25, 0.3) is 0 Å². The molecule has 0 saturated carbocycles. The lowest BCUT2D eigenvalue weighted by molar-refractivity contribution is -0.131. The molecule has 0 saturated heterocycles. The summed E-state index contributed by atoms with van der Waals surface area (Å²) in [7, 11) is 0. The maximum atomic E-state index is 12.2. The largest absolute Gasteiger partial charge is 0.352 e. The van der Waals surface area contributed by atoms with Crippen molar-refractivity contribution in [1.82, 2.24) is 10.2 Å². The quantitative estimate of drug-likeness (QED) is 0.520. The lowest BCUT2D eigenvalue weighted by Crippen LogP contribution is -2.32. The standard InChI is InChI=1S/C23H37N3O3/c1-5-13-26(14-6-2)23(29)12-8-11-21(27)24-17-19-9-7-10-20(16-19)25-22(28)15-18(3)4/h7,9-10,16,18H,5-6,8,11-15,17H2,1-4H3,(H,24,27)(H,25,28). The third-order valence-corrected chi connectivity index (χ3v) is 4.43. The van der Waals surface area contributed by atoms with Crippen LogP contribution in [0.3, 0.4) is 0 Å². The maximum absolute atomic E-state index is 12.2. The topological polar surface area (TPSA) is 78.5 Å². The third kappa shape index (κ3) is 10.7. The van der Waals surface area contributed by atoms with Crippen molar-refractivity contribution in [3.05, 3.63) is 29.8 Å². The van der Waals surface area contributed by atoms with Crippen molar-refractivity contribution < 1.29 is 14.4 Å². The van der Waals surface area contributed by atoms with Crippen LogP contribution in [-0.2, 0) is 20.9 Å². The number of hydrogen-bond acceptors (Lipinski definition) is 3. The second-order valence-electron chi connectivity index (χ2n) is 7.86. The molecule has 0 aromatic heterocycles. The van der Waals surface area contributed by atoms with E-state index in [0.29, 0.717) is 38.1 Å². The smallest absolute Gasteiger partial charge is 0.224 e. The monoisotopic (exact) mass is 403 g/mol. The molecule has 29 heavy (non-hydrogen) atoms. The highest BCUT2D eigenvalue weighted by atomic mass is 16.2. The van der Waals surface area contributed by atoms with Crippen molar-refractivity contribution in [2.45, 2.75) is 72.8 Å². The normalized spacial score (nSPS) is 10.7. The van der Waals surface area contributed by atoms with Crippen LogP contribution >= 0.6 is 0 Å². The maximum Gasteiger partial charge on any atom is 0.224 e. The highest BCUT2D eigenvalue weighted by molar-refractivity contribution is 5.90. The summed E-state index contributed by atoms with van der Waals surface area (Å²) in [6, 6.07) is 7.49. The zero-order chi connectivity index (χ0) is 21.6. The van der Waals surface area contributed by atoms with Gasteiger partial charge in [-0.15, -0.1) is 0 Å². The molecular formula is C23H37N3O3. The van der Waals surface area contributed by atoms with Gasteiger partial charge >= 0.3 is 0 Å². The van der Waals surface area contributed by atoms with E-state index in [1.807, 2.05) is 43.0 Å². The minimum atomic E-state index is -0.0652. The molecule has 1 aromatic rings. The van der Waals surface area contributed by atoms with E-state index < -0.39 is 0 Å². The van der Waals surface area contributed by atoms with Gasteiger partial charge in [0.05, 0.1) is 0 Å². The van der Waals surface area contributed by atoms with Gasteiger partial charge in [0.1, 0.15) is 0 Å². The fraction of sp³-hybridized carbons (Fsp3) is 0.609. The first-order valence-electron chi connectivity index (χ1n) is 10.8. The fourth-order valence-electron chi connectivity index (χ4n) is 3.09. The predicted molar refractivity (Wildman–Crippen MR) is 117 cm³/mol. The van der Waals surface area contributed by atoms with Crippen molar-refractivity contribution in [3.8, 4) is 0 Å². The molecule has 3 amide bonds. The van der Waals surface area contributed by atoms with Crippen LogP contribution in [0.15, 0.2) is 24.3 Å². The molecule has 0 radical (unpaired) electrons. The Bertz CT molecular complexity index is 653. The molecule has 0 heterocycles. The predicted octanol–water partition coefficient (Wildman–Crippen LogP) is 4.11. The molecule has 0 aliphatic heterocycles. The van der Waals surface area contributed by atoms with Gasteiger partial charge in [-0.05, 0) is 42.9 Å². The van der Waals surface area contributed by atoms with E-state index >= 15 is 0 Å². The fourth-order valence-corrected chi connectivity index (χ4v) is 3.09. The molecule has 0 fully saturated rings. The summed E-state index contributed by atoms with van der Waals surface area (Å²) in [6.07, 6.45) is 3.67.